The number of hydrogen-bond acceptors (Lipinski definition) is 2. The number of anilines is 1. The third-order valence-electron chi connectivity index (χ3n) is 3.58. The molecule has 2 aromatic rings. The summed E-state index contributed by atoms with van der Waals surface area (Å²) in [6, 6.07) is 3.57. The quantitative estimate of drug-likeness (QED) is 0.901. The van der Waals surface area contributed by atoms with E-state index in [0.717, 1.165) is 30.9 Å². The molecule has 3 rings (SSSR count). The SMILES string of the molecule is Cn1ncc2c1CCCC2Nc1cc(F)cc(F)c1. The predicted molar refractivity (Wildman–Crippen MR) is 68.9 cm³/mol. The number of fused-ring (bicyclic) bond motifs is 1. The highest BCUT2D eigenvalue weighted by Crippen LogP contribution is 2.32. The normalized spacial score (nSPS) is 18.2. The summed E-state index contributed by atoms with van der Waals surface area (Å²) >= 11 is 0. The van der Waals surface area contributed by atoms with Crippen LogP contribution in [0.15, 0.2) is 24.4 Å². The van der Waals surface area contributed by atoms with Gasteiger partial charge in [0, 0.05) is 30.1 Å². The summed E-state index contributed by atoms with van der Waals surface area (Å²) in [5, 5.41) is 7.45. The number of rotatable bonds is 2. The average molecular weight is 263 g/mol. The third-order valence-corrected chi connectivity index (χ3v) is 3.58. The van der Waals surface area contributed by atoms with E-state index in [-0.39, 0.29) is 6.04 Å². The van der Waals surface area contributed by atoms with Gasteiger partial charge in [0.05, 0.1) is 12.2 Å². The molecule has 1 heterocycles. The second-order valence-electron chi connectivity index (χ2n) is 4.92. The van der Waals surface area contributed by atoms with Gasteiger partial charge < -0.3 is 5.32 Å². The van der Waals surface area contributed by atoms with Gasteiger partial charge in [-0.3, -0.25) is 4.68 Å². The van der Waals surface area contributed by atoms with Gasteiger partial charge in [0.25, 0.3) is 0 Å². The van der Waals surface area contributed by atoms with Crippen molar-refractivity contribution in [1.29, 1.82) is 0 Å². The molecule has 1 aromatic heterocycles. The number of hydrogen-bond donors (Lipinski definition) is 1. The number of nitrogens with one attached hydrogen (secondary N) is 1. The Morgan fingerprint density at radius 3 is 2.74 bits per heavy atom. The van der Waals surface area contributed by atoms with Crippen molar-refractivity contribution in [3.05, 3.63) is 47.3 Å². The van der Waals surface area contributed by atoms with Crippen LogP contribution in [0.1, 0.15) is 30.1 Å². The van der Waals surface area contributed by atoms with E-state index >= 15 is 0 Å². The van der Waals surface area contributed by atoms with Gasteiger partial charge in [-0.15, -0.1) is 0 Å². The molecule has 3 nitrogen and oxygen atoms in total. The minimum atomic E-state index is -0.565. The number of halogens is 2. The number of aromatic nitrogens is 2. The van der Waals surface area contributed by atoms with Gasteiger partial charge >= 0.3 is 0 Å². The van der Waals surface area contributed by atoms with E-state index in [4.69, 9.17) is 0 Å². The van der Waals surface area contributed by atoms with Crippen molar-refractivity contribution in [1.82, 2.24) is 9.78 Å². The lowest BCUT2D eigenvalue weighted by Gasteiger charge is -2.24. The first-order valence-electron chi connectivity index (χ1n) is 6.37. The van der Waals surface area contributed by atoms with Crippen LogP contribution in [0.2, 0.25) is 0 Å². The standard InChI is InChI=1S/C14H15F2N3/c1-19-14-4-2-3-13(12(14)8-17-19)18-11-6-9(15)5-10(16)7-11/h5-8,13,18H,2-4H2,1H3. The summed E-state index contributed by atoms with van der Waals surface area (Å²) in [5.74, 6) is -1.13. The Morgan fingerprint density at radius 1 is 1.26 bits per heavy atom. The van der Waals surface area contributed by atoms with Crippen LogP contribution in [0.4, 0.5) is 14.5 Å². The molecule has 1 N–H and O–H groups in total. The van der Waals surface area contributed by atoms with Crippen LogP contribution < -0.4 is 5.32 Å². The van der Waals surface area contributed by atoms with Crippen LogP contribution in [0, 0.1) is 11.6 Å². The predicted octanol–water partition coefficient (Wildman–Crippen LogP) is 3.19. The molecule has 0 radical (unpaired) electrons. The minimum Gasteiger partial charge on any atom is -0.378 e. The molecule has 0 saturated heterocycles. The zero-order valence-electron chi connectivity index (χ0n) is 10.7. The van der Waals surface area contributed by atoms with E-state index in [1.807, 2.05) is 17.9 Å². The third kappa shape index (κ3) is 2.32. The fourth-order valence-electron chi connectivity index (χ4n) is 2.69. The monoisotopic (exact) mass is 263 g/mol. The fourth-order valence-corrected chi connectivity index (χ4v) is 2.69. The Balaban J connectivity index is 1.88. The molecule has 1 unspecified atom stereocenters. The smallest absolute Gasteiger partial charge is 0.128 e. The van der Waals surface area contributed by atoms with Gasteiger partial charge in [-0.05, 0) is 31.4 Å². The number of nitrogens with zero attached hydrogens (tertiary/aromatic N) is 2. The van der Waals surface area contributed by atoms with Crippen LogP contribution in [0.5, 0.6) is 0 Å². The molecule has 19 heavy (non-hydrogen) atoms. The molecule has 0 bridgehead atoms. The maximum Gasteiger partial charge on any atom is 0.128 e. The van der Waals surface area contributed by atoms with E-state index < -0.39 is 11.6 Å². The lowest BCUT2D eigenvalue weighted by Crippen LogP contribution is -2.17. The summed E-state index contributed by atoms with van der Waals surface area (Å²) in [6.45, 7) is 0. The van der Waals surface area contributed by atoms with E-state index in [1.165, 1.54) is 17.8 Å². The molecule has 0 fully saturated rings. The first-order chi connectivity index (χ1) is 9.13. The Bertz CT molecular complexity index is 586. The van der Waals surface area contributed by atoms with Crippen molar-refractivity contribution >= 4 is 5.69 Å². The maximum absolute atomic E-state index is 13.2. The summed E-state index contributed by atoms with van der Waals surface area (Å²) < 4.78 is 28.2. The number of benzene rings is 1. The van der Waals surface area contributed by atoms with Crippen molar-refractivity contribution in [3.63, 3.8) is 0 Å². The lowest BCUT2D eigenvalue weighted by molar-refractivity contribution is 0.566. The highest BCUT2D eigenvalue weighted by atomic mass is 19.1. The molecule has 1 aliphatic carbocycles. The first kappa shape index (κ1) is 12.1. The van der Waals surface area contributed by atoms with Crippen molar-refractivity contribution in [2.75, 3.05) is 5.32 Å². The zero-order chi connectivity index (χ0) is 13.4. The van der Waals surface area contributed by atoms with Crippen molar-refractivity contribution in [3.8, 4) is 0 Å². The molecule has 5 heteroatoms. The molecule has 0 spiro atoms. The minimum absolute atomic E-state index is 0.0682. The summed E-state index contributed by atoms with van der Waals surface area (Å²) in [7, 11) is 1.92. The van der Waals surface area contributed by atoms with E-state index in [2.05, 4.69) is 10.4 Å². The lowest BCUT2D eigenvalue weighted by atomic mass is 9.93. The van der Waals surface area contributed by atoms with Gasteiger partial charge in [0.15, 0.2) is 0 Å². The van der Waals surface area contributed by atoms with Gasteiger partial charge in [-0.1, -0.05) is 0 Å². The van der Waals surface area contributed by atoms with Crippen molar-refractivity contribution in [2.45, 2.75) is 25.3 Å². The molecule has 0 amide bonds. The molecule has 0 saturated carbocycles. The topological polar surface area (TPSA) is 29.9 Å². The van der Waals surface area contributed by atoms with Crippen LogP contribution >= 0.6 is 0 Å². The average Bonchev–Trinajstić information content (AvgIpc) is 2.71. The Hall–Kier alpha value is -1.91. The molecule has 0 aliphatic heterocycles. The molecule has 1 aliphatic rings. The van der Waals surface area contributed by atoms with Crippen molar-refractivity contribution in [2.24, 2.45) is 7.05 Å². The summed E-state index contributed by atoms with van der Waals surface area (Å²) in [6.07, 6.45) is 4.82. The van der Waals surface area contributed by atoms with E-state index in [0.29, 0.717) is 5.69 Å². The van der Waals surface area contributed by atoms with E-state index in [9.17, 15) is 8.78 Å². The van der Waals surface area contributed by atoms with Crippen LogP contribution in [-0.4, -0.2) is 9.78 Å². The molecule has 1 aromatic carbocycles. The second kappa shape index (κ2) is 4.64. The fraction of sp³-hybridized carbons (Fsp3) is 0.357. The Labute approximate surface area is 110 Å². The highest BCUT2D eigenvalue weighted by molar-refractivity contribution is 5.47. The van der Waals surface area contributed by atoms with Gasteiger partial charge in [-0.2, -0.15) is 5.10 Å². The maximum atomic E-state index is 13.2. The molecular weight excluding hydrogens is 248 g/mol. The van der Waals surface area contributed by atoms with Gasteiger partial charge in [0.1, 0.15) is 11.6 Å². The molecular formula is C14H15F2N3. The largest absolute Gasteiger partial charge is 0.378 e. The Morgan fingerprint density at radius 2 is 2.00 bits per heavy atom. The van der Waals surface area contributed by atoms with Crippen LogP contribution in [0.3, 0.4) is 0 Å². The van der Waals surface area contributed by atoms with Gasteiger partial charge in [0.2, 0.25) is 0 Å². The summed E-state index contributed by atoms with van der Waals surface area (Å²) in [4.78, 5) is 0. The van der Waals surface area contributed by atoms with Crippen LogP contribution in [0.25, 0.3) is 0 Å². The highest BCUT2D eigenvalue weighted by Gasteiger charge is 2.23. The van der Waals surface area contributed by atoms with Crippen molar-refractivity contribution < 1.29 is 8.78 Å². The van der Waals surface area contributed by atoms with Gasteiger partial charge in [-0.25, -0.2) is 8.78 Å². The van der Waals surface area contributed by atoms with E-state index in [1.54, 1.807) is 0 Å². The van der Waals surface area contributed by atoms with Crippen LogP contribution in [-0.2, 0) is 13.5 Å². The molecule has 1 atom stereocenters. The summed E-state index contributed by atoms with van der Waals surface area (Å²) in [5.41, 5.74) is 2.79. The second-order valence-corrected chi connectivity index (χ2v) is 4.92. The zero-order valence-corrected chi connectivity index (χ0v) is 10.7. The first-order valence-corrected chi connectivity index (χ1v) is 6.37. The Kier molecular flexibility index (Phi) is 2.97. The molecule has 100 valence electrons. The number of aryl methyl sites for hydroxylation is 1.